The van der Waals surface area contributed by atoms with Crippen molar-refractivity contribution in [3.05, 3.63) is 115 Å². The number of ether oxygens (including phenoxy) is 4. The Labute approximate surface area is 372 Å². The van der Waals surface area contributed by atoms with Gasteiger partial charge in [0, 0.05) is 0 Å². The minimum absolute atomic E-state index is 0.670. The van der Waals surface area contributed by atoms with E-state index in [1.165, 1.54) is 77.3 Å². The third-order valence-corrected chi connectivity index (χ3v) is 16.2. The molecule has 0 bridgehead atoms. The van der Waals surface area contributed by atoms with E-state index in [2.05, 4.69) is 125 Å². The Morgan fingerprint density at radius 2 is 0.754 bits per heavy atom. The first kappa shape index (κ1) is 47.6. The average Bonchev–Trinajstić information content (AvgIpc) is 3.30. The number of aldehydes is 1. The topological polar surface area (TPSA) is 54.0 Å². The van der Waals surface area contributed by atoms with Gasteiger partial charge in [-0.1, -0.05) is 39.5 Å². The summed E-state index contributed by atoms with van der Waals surface area (Å²) in [5.41, 5.74) is 5.06. The number of benzene rings is 5. The van der Waals surface area contributed by atoms with Gasteiger partial charge < -0.3 is 0 Å². The molecule has 6 heteroatoms. The van der Waals surface area contributed by atoms with Crippen LogP contribution in [0.25, 0.3) is 22.3 Å². The van der Waals surface area contributed by atoms with Gasteiger partial charge in [-0.05, 0) is 0 Å². The van der Waals surface area contributed by atoms with Gasteiger partial charge in [-0.15, -0.1) is 0 Å². The molecular formula is C55H71AsO5. The van der Waals surface area contributed by atoms with Gasteiger partial charge in [0.2, 0.25) is 0 Å². The van der Waals surface area contributed by atoms with Gasteiger partial charge in [-0.3, -0.25) is 0 Å². The summed E-state index contributed by atoms with van der Waals surface area (Å²) in [6.45, 7) is 11.8. The molecule has 5 aromatic rings. The number of carbonyl (C=O) groups is 1. The van der Waals surface area contributed by atoms with Crippen molar-refractivity contribution in [1.82, 2.24) is 0 Å². The molecule has 0 saturated heterocycles. The van der Waals surface area contributed by atoms with Crippen LogP contribution in [0.15, 0.2) is 109 Å². The van der Waals surface area contributed by atoms with E-state index in [9.17, 15) is 4.79 Å². The molecule has 5 aromatic carbocycles. The quantitative estimate of drug-likeness (QED) is 0.0261. The molecule has 5 nitrogen and oxygen atoms in total. The average molecular weight is 887 g/mol. The number of unbranched alkanes of at least 4 members (excludes halogenated alkanes) is 12. The Hall–Kier alpha value is -4.47. The van der Waals surface area contributed by atoms with Crippen LogP contribution in [0, 0.1) is 0 Å². The zero-order valence-electron chi connectivity index (χ0n) is 37.6. The molecule has 0 heterocycles. The summed E-state index contributed by atoms with van der Waals surface area (Å²) in [5, 5.41) is 0. The Balaban J connectivity index is 1.51. The maximum atomic E-state index is 11.8. The van der Waals surface area contributed by atoms with Crippen LogP contribution in [0.5, 0.6) is 23.0 Å². The number of hydrogen-bond donors (Lipinski definition) is 0. The third-order valence-electron chi connectivity index (χ3n) is 11.1. The Bertz CT molecular complexity index is 1850. The first-order chi connectivity index (χ1) is 30.1. The van der Waals surface area contributed by atoms with E-state index in [1.807, 2.05) is 12.1 Å². The van der Waals surface area contributed by atoms with Gasteiger partial charge in [0.25, 0.3) is 0 Å². The summed E-state index contributed by atoms with van der Waals surface area (Å²) in [7, 11) is 0. The van der Waals surface area contributed by atoms with Gasteiger partial charge >= 0.3 is 335 Å². The minimum atomic E-state index is -2.20. The zero-order valence-corrected chi connectivity index (χ0v) is 39.5. The predicted molar refractivity (Wildman–Crippen MR) is 259 cm³/mol. The monoisotopic (exact) mass is 886 g/mol. The molecule has 0 aliphatic heterocycles. The standard InChI is InChI=1S/C55H71AsO5/c1-5-9-13-17-37-58-50-31-23-45(24-32-50)52-35-29-48(41-54(52)60-39-19-15-11-7-3)56(47-27-21-44(43-57)22-28-47)49-30-36-53(55(42-49)61-40-20-16-12-8-4)46-25-33-51(34-26-46)59-38-18-14-10-6-2/h21-36,41-43H,5-20,37-40H2,1-4H3. The van der Waals surface area contributed by atoms with Crippen molar-refractivity contribution in [2.45, 2.75) is 130 Å². The van der Waals surface area contributed by atoms with Gasteiger partial charge in [-0.2, -0.15) is 0 Å². The molecule has 0 aliphatic carbocycles. The second-order valence-electron chi connectivity index (χ2n) is 16.1. The van der Waals surface area contributed by atoms with Crippen LogP contribution >= 0.6 is 0 Å². The van der Waals surface area contributed by atoms with Crippen molar-refractivity contribution >= 4 is 34.0 Å². The second kappa shape index (κ2) is 27.5. The normalized spacial score (nSPS) is 11.2. The van der Waals surface area contributed by atoms with Crippen LogP contribution in [-0.2, 0) is 0 Å². The number of hydrogen-bond acceptors (Lipinski definition) is 5. The van der Waals surface area contributed by atoms with E-state index in [0.717, 1.165) is 103 Å². The van der Waals surface area contributed by atoms with Crippen LogP contribution in [0.4, 0.5) is 0 Å². The van der Waals surface area contributed by atoms with Crippen LogP contribution < -0.4 is 32.0 Å². The van der Waals surface area contributed by atoms with E-state index in [1.54, 1.807) is 0 Å². The molecule has 0 amide bonds. The van der Waals surface area contributed by atoms with E-state index in [4.69, 9.17) is 18.9 Å². The summed E-state index contributed by atoms with van der Waals surface area (Å²) < 4.78 is 29.4. The molecule has 61 heavy (non-hydrogen) atoms. The van der Waals surface area contributed by atoms with Crippen molar-refractivity contribution in [1.29, 1.82) is 0 Å². The molecular weight excluding hydrogens is 816 g/mol. The molecule has 0 N–H and O–H groups in total. The predicted octanol–water partition coefficient (Wildman–Crippen LogP) is 13.2. The first-order valence-corrected chi connectivity index (χ1v) is 26.2. The molecule has 0 unspecified atom stereocenters. The molecule has 0 spiro atoms. The first-order valence-electron chi connectivity index (χ1n) is 23.4. The Morgan fingerprint density at radius 3 is 1.11 bits per heavy atom. The maximum absolute atomic E-state index is 11.8. The summed E-state index contributed by atoms with van der Waals surface area (Å²) in [4.78, 5) is 11.8. The summed E-state index contributed by atoms with van der Waals surface area (Å²) in [5.74, 6) is 3.62. The summed E-state index contributed by atoms with van der Waals surface area (Å²) >= 11 is -2.20. The van der Waals surface area contributed by atoms with Gasteiger partial charge in [0.15, 0.2) is 0 Å². The molecule has 5 rings (SSSR count). The fraction of sp³-hybridized carbons (Fsp3) is 0.436. The van der Waals surface area contributed by atoms with Crippen molar-refractivity contribution < 1.29 is 23.7 Å². The van der Waals surface area contributed by atoms with Crippen molar-refractivity contribution in [3.63, 3.8) is 0 Å². The fourth-order valence-corrected chi connectivity index (χ4v) is 12.3. The molecule has 0 fully saturated rings. The van der Waals surface area contributed by atoms with Crippen molar-refractivity contribution in [2.75, 3.05) is 26.4 Å². The molecule has 326 valence electrons. The Morgan fingerprint density at radius 1 is 0.393 bits per heavy atom. The summed E-state index contributed by atoms with van der Waals surface area (Å²) in [6, 6.07) is 38.8. The molecule has 0 radical (unpaired) electrons. The van der Waals surface area contributed by atoms with E-state index in [-0.39, 0.29) is 0 Å². The van der Waals surface area contributed by atoms with Crippen LogP contribution in [0.1, 0.15) is 141 Å². The van der Waals surface area contributed by atoms with Crippen molar-refractivity contribution in [2.24, 2.45) is 0 Å². The third kappa shape index (κ3) is 15.4. The zero-order chi connectivity index (χ0) is 42.9. The van der Waals surface area contributed by atoms with Gasteiger partial charge in [0.05, 0.1) is 0 Å². The molecule has 0 atom stereocenters. The van der Waals surface area contributed by atoms with E-state index in [0.29, 0.717) is 18.8 Å². The Kier molecular flexibility index (Phi) is 21.4. The van der Waals surface area contributed by atoms with Crippen LogP contribution in [0.3, 0.4) is 0 Å². The van der Waals surface area contributed by atoms with Crippen LogP contribution in [0.2, 0.25) is 0 Å². The van der Waals surface area contributed by atoms with E-state index < -0.39 is 14.7 Å². The van der Waals surface area contributed by atoms with Crippen LogP contribution in [-0.4, -0.2) is 47.4 Å². The van der Waals surface area contributed by atoms with Gasteiger partial charge in [0.1, 0.15) is 0 Å². The molecule has 0 aromatic heterocycles. The number of carbonyl (C=O) groups excluding carboxylic acids is 1. The van der Waals surface area contributed by atoms with Crippen molar-refractivity contribution in [3.8, 4) is 45.3 Å². The molecule has 0 aliphatic rings. The fourth-order valence-electron chi connectivity index (χ4n) is 7.49. The van der Waals surface area contributed by atoms with E-state index >= 15 is 0 Å². The number of rotatable bonds is 30. The van der Waals surface area contributed by atoms with Gasteiger partial charge in [-0.25, -0.2) is 0 Å². The summed E-state index contributed by atoms with van der Waals surface area (Å²) in [6.07, 6.45) is 19.5. The molecule has 0 saturated carbocycles. The second-order valence-corrected chi connectivity index (χ2v) is 20.7. The SMILES string of the molecule is CCCCCCOc1ccc(-c2ccc([As](c3ccc(C=O)cc3)c3ccc(-c4ccc(OCCCCCC)cc4)c(OCCCCCC)c3)cc2OCCCCCC)cc1.